The van der Waals surface area contributed by atoms with Gasteiger partial charge in [0.25, 0.3) is 0 Å². The largest absolute Gasteiger partial charge is 0.503 e. The molecule has 10 heavy (non-hydrogen) atoms. The van der Waals surface area contributed by atoms with Gasteiger partial charge in [0.2, 0.25) is 0 Å². The van der Waals surface area contributed by atoms with Gasteiger partial charge < -0.3 is 9.52 Å². The molecule has 0 aliphatic heterocycles. The number of rotatable bonds is 1. The van der Waals surface area contributed by atoms with Crippen LogP contribution < -0.4 is 0 Å². The molecule has 1 N–H and O–H groups in total. The van der Waals surface area contributed by atoms with Crippen molar-refractivity contribution in [3.63, 3.8) is 0 Å². The van der Waals surface area contributed by atoms with E-state index in [9.17, 15) is 5.11 Å². The zero-order valence-electron chi connectivity index (χ0n) is 5.63. The SMILES string of the molecule is CCc1occc(=S)c1O. The van der Waals surface area contributed by atoms with Gasteiger partial charge in [-0.15, -0.1) is 0 Å². The molecule has 0 aliphatic carbocycles. The average Bonchev–Trinajstić information content (AvgIpc) is 1.95. The molecular formula is C7H8O2S. The molecule has 0 aliphatic rings. The lowest BCUT2D eigenvalue weighted by Crippen LogP contribution is -1.79. The summed E-state index contributed by atoms with van der Waals surface area (Å²) in [6.07, 6.45) is 2.15. The molecule has 2 nitrogen and oxygen atoms in total. The van der Waals surface area contributed by atoms with E-state index in [0.717, 1.165) is 0 Å². The molecule has 0 atom stereocenters. The summed E-state index contributed by atoms with van der Waals surface area (Å²) in [6, 6.07) is 1.56. The molecule has 1 aromatic rings. The summed E-state index contributed by atoms with van der Waals surface area (Å²) in [5.74, 6) is 0.646. The highest BCUT2D eigenvalue weighted by atomic mass is 32.1. The van der Waals surface area contributed by atoms with E-state index in [1.165, 1.54) is 6.26 Å². The van der Waals surface area contributed by atoms with Crippen LogP contribution in [0.4, 0.5) is 0 Å². The van der Waals surface area contributed by atoms with Gasteiger partial charge in [-0.2, -0.15) is 0 Å². The topological polar surface area (TPSA) is 33.4 Å². The maximum Gasteiger partial charge on any atom is 0.172 e. The lowest BCUT2D eigenvalue weighted by Gasteiger charge is -1.97. The second-order valence-corrected chi connectivity index (χ2v) is 2.35. The van der Waals surface area contributed by atoms with E-state index in [4.69, 9.17) is 16.6 Å². The van der Waals surface area contributed by atoms with E-state index in [-0.39, 0.29) is 5.75 Å². The molecule has 0 fully saturated rings. The zero-order valence-corrected chi connectivity index (χ0v) is 6.44. The van der Waals surface area contributed by atoms with Crippen LogP contribution in [0.15, 0.2) is 16.7 Å². The molecule has 0 unspecified atom stereocenters. The van der Waals surface area contributed by atoms with Crippen molar-refractivity contribution in [1.29, 1.82) is 0 Å². The van der Waals surface area contributed by atoms with Crippen LogP contribution in [0.5, 0.6) is 5.75 Å². The summed E-state index contributed by atoms with van der Waals surface area (Å²) in [6.45, 7) is 1.90. The lowest BCUT2D eigenvalue weighted by atomic mass is 10.3. The van der Waals surface area contributed by atoms with Crippen LogP contribution in [0.2, 0.25) is 0 Å². The van der Waals surface area contributed by atoms with Crippen LogP contribution in [0.3, 0.4) is 0 Å². The molecule has 0 radical (unpaired) electrons. The first-order valence-electron chi connectivity index (χ1n) is 3.05. The fraction of sp³-hybridized carbons (Fsp3) is 0.286. The Labute approximate surface area is 64.1 Å². The van der Waals surface area contributed by atoms with Crippen LogP contribution in [-0.2, 0) is 6.42 Å². The Bertz CT molecular complexity index is 277. The quantitative estimate of drug-likeness (QED) is 0.633. The van der Waals surface area contributed by atoms with Crippen molar-refractivity contribution in [3.8, 4) is 5.75 Å². The minimum absolute atomic E-state index is 0.0972. The third kappa shape index (κ3) is 1.19. The first-order chi connectivity index (χ1) is 4.75. The maximum atomic E-state index is 9.20. The van der Waals surface area contributed by atoms with Gasteiger partial charge in [0.15, 0.2) is 5.75 Å². The zero-order chi connectivity index (χ0) is 7.56. The first-order valence-corrected chi connectivity index (χ1v) is 3.46. The molecule has 0 saturated heterocycles. The van der Waals surface area contributed by atoms with Gasteiger partial charge in [0.05, 0.1) is 10.8 Å². The molecule has 1 rings (SSSR count). The Balaban J connectivity index is 3.28. The van der Waals surface area contributed by atoms with Crippen molar-refractivity contribution in [1.82, 2.24) is 0 Å². The van der Waals surface area contributed by atoms with Crippen molar-refractivity contribution >= 4 is 12.2 Å². The monoisotopic (exact) mass is 156 g/mol. The Hall–Kier alpha value is -0.830. The van der Waals surface area contributed by atoms with Crippen molar-refractivity contribution in [2.24, 2.45) is 0 Å². The van der Waals surface area contributed by atoms with Gasteiger partial charge in [-0.1, -0.05) is 19.1 Å². The predicted octanol–water partition coefficient (Wildman–Crippen LogP) is 2.28. The van der Waals surface area contributed by atoms with E-state index < -0.39 is 0 Å². The number of aromatic hydroxyl groups is 1. The first kappa shape index (κ1) is 7.28. The molecule has 0 amide bonds. The summed E-state index contributed by atoms with van der Waals surface area (Å²) in [5, 5.41) is 9.20. The summed E-state index contributed by atoms with van der Waals surface area (Å²) in [4.78, 5) is 0. The van der Waals surface area contributed by atoms with E-state index in [2.05, 4.69) is 0 Å². The highest BCUT2D eigenvalue weighted by Gasteiger charge is 2.00. The van der Waals surface area contributed by atoms with Crippen molar-refractivity contribution in [2.45, 2.75) is 13.3 Å². The van der Waals surface area contributed by atoms with E-state index in [1.807, 2.05) is 6.92 Å². The van der Waals surface area contributed by atoms with Gasteiger partial charge in [-0.3, -0.25) is 0 Å². The molecule has 1 aromatic heterocycles. The second-order valence-electron chi connectivity index (χ2n) is 1.91. The third-order valence-corrected chi connectivity index (χ3v) is 1.58. The number of hydrogen-bond acceptors (Lipinski definition) is 3. The highest BCUT2D eigenvalue weighted by molar-refractivity contribution is 7.71. The van der Waals surface area contributed by atoms with Gasteiger partial charge in [0, 0.05) is 6.42 Å². The van der Waals surface area contributed by atoms with E-state index in [1.54, 1.807) is 6.07 Å². The standard InChI is InChI=1S/C7H8O2S/c1-2-5-7(8)6(10)3-4-9-5/h3-4,8H,2H2,1H3. The van der Waals surface area contributed by atoms with Crippen LogP contribution in [0, 0.1) is 4.51 Å². The van der Waals surface area contributed by atoms with Crippen LogP contribution in [0.1, 0.15) is 12.7 Å². The van der Waals surface area contributed by atoms with Crippen LogP contribution >= 0.6 is 12.2 Å². The molecule has 0 aromatic carbocycles. The molecule has 0 spiro atoms. The Kier molecular flexibility index (Phi) is 2.06. The summed E-state index contributed by atoms with van der Waals surface area (Å²) in [7, 11) is 0. The molecule has 0 bridgehead atoms. The minimum atomic E-state index is 0.0972. The second kappa shape index (κ2) is 2.84. The highest BCUT2D eigenvalue weighted by Crippen LogP contribution is 2.17. The Morgan fingerprint density at radius 2 is 2.40 bits per heavy atom. The van der Waals surface area contributed by atoms with Crippen molar-refractivity contribution < 1.29 is 9.52 Å². The summed E-state index contributed by atoms with van der Waals surface area (Å²) < 4.78 is 5.42. The molecule has 3 heteroatoms. The molecular weight excluding hydrogens is 148 g/mol. The fourth-order valence-electron chi connectivity index (χ4n) is 0.701. The minimum Gasteiger partial charge on any atom is -0.503 e. The van der Waals surface area contributed by atoms with Gasteiger partial charge in [0.1, 0.15) is 5.76 Å². The van der Waals surface area contributed by atoms with Gasteiger partial charge in [-0.25, -0.2) is 0 Å². The summed E-state index contributed by atoms with van der Waals surface area (Å²) in [5.41, 5.74) is 0. The van der Waals surface area contributed by atoms with Crippen LogP contribution in [0.25, 0.3) is 0 Å². The number of hydrogen-bond donors (Lipinski definition) is 1. The Morgan fingerprint density at radius 3 is 2.90 bits per heavy atom. The van der Waals surface area contributed by atoms with Crippen molar-refractivity contribution in [2.75, 3.05) is 0 Å². The number of aryl methyl sites for hydroxylation is 1. The molecule has 54 valence electrons. The smallest absolute Gasteiger partial charge is 0.172 e. The molecule has 1 heterocycles. The third-order valence-electron chi connectivity index (χ3n) is 1.25. The maximum absolute atomic E-state index is 9.20. The van der Waals surface area contributed by atoms with E-state index >= 15 is 0 Å². The normalized spacial score (nSPS) is 9.70. The Morgan fingerprint density at radius 1 is 1.70 bits per heavy atom. The van der Waals surface area contributed by atoms with Crippen molar-refractivity contribution in [3.05, 3.63) is 22.6 Å². The lowest BCUT2D eigenvalue weighted by molar-refractivity contribution is 0.405. The van der Waals surface area contributed by atoms with Gasteiger partial charge in [-0.05, 0) is 6.07 Å². The molecule has 0 saturated carbocycles. The van der Waals surface area contributed by atoms with Crippen LogP contribution in [-0.4, -0.2) is 5.11 Å². The fourth-order valence-corrected chi connectivity index (χ4v) is 0.870. The summed E-state index contributed by atoms with van der Waals surface area (Å²) >= 11 is 4.80. The predicted molar refractivity (Wildman–Crippen MR) is 40.6 cm³/mol. The van der Waals surface area contributed by atoms with Gasteiger partial charge >= 0.3 is 0 Å². The van der Waals surface area contributed by atoms with E-state index in [0.29, 0.717) is 16.7 Å². The average molecular weight is 156 g/mol.